The minimum Gasteiger partial charge on any atom is -0.207 e. The van der Waals surface area contributed by atoms with Gasteiger partial charge in [-0.3, -0.25) is 0 Å². The smallest absolute Gasteiger partial charge is 0.207 e. The lowest BCUT2D eigenvalue weighted by atomic mass is 10.1. The molecule has 2 aromatic rings. The number of halogens is 2. The first kappa shape index (κ1) is 15.7. The lowest BCUT2D eigenvalue weighted by Crippen LogP contribution is -2.23. The predicted molar refractivity (Wildman–Crippen MR) is 87.2 cm³/mol. The maximum atomic E-state index is 12.2. The first-order valence-electron chi connectivity index (χ1n) is 5.91. The molecule has 0 aliphatic heterocycles. The summed E-state index contributed by atoms with van der Waals surface area (Å²) in [5, 5.41) is 0.748. The molecule has 0 aliphatic rings. The fourth-order valence-electron chi connectivity index (χ4n) is 1.74. The van der Waals surface area contributed by atoms with Gasteiger partial charge in [0.25, 0.3) is 0 Å². The first-order valence-corrected chi connectivity index (χ1v) is 9.30. The van der Waals surface area contributed by atoms with Gasteiger partial charge in [-0.2, -0.15) is 0 Å². The first-order chi connectivity index (χ1) is 9.53. The van der Waals surface area contributed by atoms with E-state index in [9.17, 15) is 8.42 Å². The normalized spacial score (nSPS) is 11.5. The van der Waals surface area contributed by atoms with Gasteiger partial charge in [0.15, 0.2) is 0 Å². The Labute approximate surface area is 135 Å². The van der Waals surface area contributed by atoms with Crippen LogP contribution in [0.4, 0.5) is 0 Å². The van der Waals surface area contributed by atoms with E-state index in [0.29, 0.717) is 4.47 Å². The van der Waals surface area contributed by atoms with Gasteiger partial charge in [0.05, 0.1) is 4.90 Å². The lowest BCUT2D eigenvalue weighted by Gasteiger charge is -2.09. The van der Waals surface area contributed by atoms with Gasteiger partial charge in [0, 0.05) is 16.3 Å². The van der Waals surface area contributed by atoms with Crippen LogP contribution in [0.15, 0.2) is 57.9 Å². The molecule has 1 N–H and O–H groups in total. The van der Waals surface area contributed by atoms with Gasteiger partial charge in [-0.05, 0) is 39.2 Å². The second kappa shape index (κ2) is 6.85. The average molecular weight is 419 g/mol. The minimum absolute atomic E-state index is 0.247. The van der Waals surface area contributed by atoms with Crippen LogP contribution in [-0.2, 0) is 21.9 Å². The molecular weight excluding hydrogens is 406 g/mol. The third-order valence-corrected chi connectivity index (χ3v) is 5.80. The number of benzene rings is 2. The van der Waals surface area contributed by atoms with Crippen LogP contribution in [0.25, 0.3) is 0 Å². The van der Waals surface area contributed by atoms with Crippen molar-refractivity contribution in [1.29, 1.82) is 0 Å². The topological polar surface area (TPSA) is 46.2 Å². The molecule has 0 unspecified atom stereocenters. The van der Waals surface area contributed by atoms with Crippen molar-refractivity contribution in [3.05, 3.63) is 64.1 Å². The number of sulfonamides is 1. The maximum absolute atomic E-state index is 12.2. The fourth-order valence-corrected chi connectivity index (χ4v) is 4.11. The van der Waals surface area contributed by atoms with E-state index in [2.05, 4.69) is 36.6 Å². The molecule has 0 spiro atoms. The standard InChI is InChI=1S/C14H13Br2NO2S/c15-9-11-4-3-5-12(8-11)10-17-20(18,19)14-7-2-1-6-13(14)16/h1-8,17H,9-10H2. The van der Waals surface area contributed by atoms with Crippen molar-refractivity contribution in [1.82, 2.24) is 4.72 Å². The Morgan fingerprint density at radius 3 is 2.40 bits per heavy atom. The Morgan fingerprint density at radius 2 is 1.70 bits per heavy atom. The van der Waals surface area contributed by atoms with Crippen LogP contribution in [0.1, 0.15) is 11.1 Å². The minimum atomic E-state index is -3.52. The van der Waals surface area contributed by atoms with Crippen LogP contribution < -0.4 is 4.72 Å². The molecule has 6 heteroatoms. The number of hydrogen-bond acceptors (Lipinski definition) is 2. The summed E-state index contributed by atoms with van der Waals surface area (Å²) in [5.74, 6) is 0. The second-order valence-electron chi connectivity index (χ2n) is 4.21. The molecule has 0 radical (unpaired) electrons. The molecule has 0 saturated heterocycles. The molecule has 0 amide bonds. The molecule has 0 saturated carbocycles. The number of alkyl halides is 1. The Hall–Kier alpha value is -0.690. The quantitative estimate of drug-likeness (QED) is 0.750. The van der Waals surface area contributed by atoms with Crippen LogP contribution in [-0.4, -0.2) is 8.42 Å². The number of hydrogen-bond donors (Lipinski definition) is 1. The summed E-state index contributed by atoms with van der Waals surface area (Å²) >= 11 is 6.64. The van der Waals surface area contributed by atoms with Crippen molar-refractivity contribution < 1.29 is 8.42 Å². The van der Waals surface area contributed by atoms with E-state index in [0.717, 1.165) is 16.5 Å². The van der Waals surface area contributed by atoms with Crippen molar-refractivity contribution in [2.75, 3.05) is 0 Å². The average Bonchev–Trinajstić information content (AvgIpc) is 2.46. The molecule has 0 bridgehead atoms. The fraction of sp³-hybridized carbons (Fsp3) is 0.143. The Bertz CT molecular complexity index is 702. The lowest BCUT2D eigenvalue weighted by molar-refractivity contribution is 0.581. The molecule has 0 aliphatic carbocycles. The van der Waals surface area contributed by atoms with Gasteiger partial charge in [0.1, 0.15) is 0 Å². The zero-order valence-electron chi connectivity index (χ0n) is 10.5. The Balaban J connectivity index is 2.15. The Morgan fingerprint density at radius 1 is 1.00 bits per heavy atom. The zero-order chi connectivity index (χ0) is 14.6. The van der Waals surface area contributed by atoms with Crippen LogP contribution in [0.3, 0.4) is 0 Å². The Kier molecular flexibility index (Phi) is 5.37. The number of rotatable bonds is 5. The van der Waals surface area contributed by atoms with Crippen LogP contribution in [0, 0.1) is 0 Å². The van der Waals surface area contributed by atoms with Crippen molar-refractivity contribution in [3.63, 3.8) is 0 Å². The monoisotopic (exact) mass is 417 g/mol. The molecule has 0 heterocycles. The second-order valence-corrected chi connectivity index (χ2v) is 7.36. The summed E-state index contributed by atoms with van der Waals surface area (Å²) in [6.45, 7) is 0.268. The largest absolute Gasteiger partial charge is 0.241 e. The predicted octanol–water partition coefficient (Wildman–Crippen LogP) is 3.82. The SMILES string of the molecule is O=S(=O)(NCc1cccc(CBr)c1)c1ccccc1Br. The van der Waals surface area contributed by atoms with Crippen LogP contribution in [0.2, 0.25) is 0 Å². The molecule has 0 aromatic heterocycles. The van der Waals surface area contributed by atoms with Crippen LogP contribution >= 0.6 is 31.9 Å². The molecule has 20 heavy (non-hydrogen) atoms. The van der Waals surface area contributed by atoms with Gasteiger partial charge in [0.2, 0.25) is 10.0 Å². The summed E-state index contributed by atoms with van der Waals surface area (Å²) < 4.78 is 27.6. The highest BCUT2D eigenvalue weighted by molar-refractivity contribution is 9.10. The highest BCUT2D eigenvalue weighted by atomic mass is 79.9. The molecule has 2 rings (SSSR count). The summed E-state index contributed by atoms with van der Waals surface area (Å²) in [4.78, 5) is 0.247. The van der Waals surface area contributed by atoms with E-state index < -0.39 is 10.0 Å². The summed E-state index contributed by atoms with van der Waals surface area (Å²) in [6.07, 6.45) is 0. The molecule has 0 atom stereocenters. The molecule has 2 aromatic carbocycles. The van der Waals surface area contributed by atoms with E-state index in [1.807, 2.05) is 24.3 Å². The third kappa shape index (κ3) is 3.91. The third-order valence-electron chi connectivity index (χ3n) is 2.74. The number of nitrogens with one attached hydrogen (secondary N) is 1. The van der Waals surface area contributed by atoms with E-state index >= 15 is 0 Å². The van der Waals surface area contributed by atoms with Gasteiger partial charge in [-0.1, -0.05) is 52.3 Å². The van der Waals surface area contributed by atoms with Gasteiger partial charge in [-0.15, -0.1) is 0 Å². The van der Waals surface area contributed by atoms with E-state index in [-0.39, 0.29) is 11.4 Å². The van der Waals surface area contributed by atoms with Crippen molar-refractivity contribution in [2.24, 2.45) is 0 Å². The van der Waals surface area contributed by atoms with Crippen molar-refractivity contribution >= 4 is 41.9 Å². The molecule has 0 fully saturated rings. The summed E-state index contributed by atoms with van der Waals surface area (Å²) in [6, 6.07) is 14.5. The summed E-state index contributed by atoms with van der Waals surface area (Å²) in [7, 11) is -3.52. The van der Waals surface area contributed by atoms with Gasteiger partial charge < -0.3 is 0 Å². The highest BCUT2D eigenvalue weighted by Gasteiger charge is 2.16. The summed E-state index contributed by atoms with van der Waals surface area (Å²) in [5.41, 5.74) is 2.04. The van der Waals surface area contributed by atoms with Crippen molar-refractivity contribution in [3.8, 4) is 0 Å². The van der Waals surface area contributed by atoms with E-state index in [1.165, 1.54) is 0 Å². The zero-order valence-corrected chi connectivity index (χ0v) is 14.5. The van der Waals surface area contributed by atoms with Gasteiger partial charge >= 0.3 is 0 Å². The molecule has 3 nitrogen and oxygen atoms in total. The molecule has 106 valence electrons. The van der Waals surface area contributed by atoms with Crippen LogP contribution in [0.5, 0.6) is 0 Å². The van der Waals surface area contributed by atoms with E-state index in [1.54, 1.807) is 24.3 Å². The molecular formula is C14H13Br2NO2S. The highest BCUT2D eigenvalue weighted by Crippen LogP contribution is 2.21. The van der Waals surface area contributed by atoms with Gasteiger partial charge in [-0.25, -0.2) is 13.1 Å². The van der Waals surface area contributed by atoms with Crippen molar-refractivity contribution in [2.45, 2.75) is 16.8 Å². The maximum Gasteiger partial charge on any atom is 0.241 e. The van der Waals surface area contributed by atoms with E-state index in [4.69, 9.17) is 0 Å².